The van der Waals surface area contributed by atoms with Crippen LogP contribution in [0.3, 0.4) is 0 Å². The topological polar surface area (TPSA) is 108 Å². The zero-order chi connectivity index (χ0) is 23.5. The largest absolute Gasteiger partial charge is 0.315 e. The molecule has 164 valence electrons. The molecule has 0 aliphatic rings. The molecule has 1 amide bonds. The van der Waals surface area contributed by atoms with Crippen LogP contribution in [0.4, 0.5) is 5.69 Å². The quantitative estimate of drug-likeness (QED) is 0.366. The summed E-state index contributed by atoms with van der Waals surface area (Å²) in [5, 5.41) is 19.2. The minimum atomic E-state index is -0.667. The SMILES string of the molecule is Cc1ccc(-c2[nH]ncc2C=C(C#N)C(=O)Nc2c(C)n(C)n(-c3ccccc3)c2=O)cc1. The summed E-state index contributed by atoms with van der Waals surface area (Å²) in [6.07, 6.45) is 3.01. The standard InChI is InChI=1S/C25H22N6O2/c1-16-9-11-18(12-10-16)23-20(15-27-29-23)13-19(14-26)24(32)28-22-17(2)30(3)31(25(22)33)21-7-5-4-6-8-21/h4-13,15H,1-3H3,(H,27,29)(H,28,32). The molecule has 2 aromatic heterocycles. The molecule has 0 aliphatic heterocycles. The van der Waals surface area contributed by atoms with E-state index >= 15 is 0 Å². The van der Waals surface area contributed by atoms with Crippen LogP contribution in [0.1, 0.15) is 16.8 Å². The van der Waals surface area contributed by atoms with Crippen molar-refractivity contribution in [3.05, 3.63) is 93.5 Å². The summed E-state index contributed by atoms with van der Waals surface area (Å²) >= 11 is 0. The van der Waals surface area contributed by atoms with Gasteiger partial charge in [-0.2, -0.15) is 10.4 Å². The van der Waals surface area contributed by atoms with Gasteiger partial charge < -0.3 is 5.32 Å². The van der Waals surface area contributed by atoms with Gasteiger partial charge >= 0.3 is 0 Å². The molecule has 0 radical (unpaired) electrons. The van der Waals surface area contributed by atoms with Crippen molar-refractivity contribution >= 4 is 17.7 Å². The molecule has 0 atom stereocenters. The zero-order valence-corrected chi connectivity index (χ0v) is 18.5. The highest BCUT2D eigenvalue weighted by molar-refractivity contribution is 6.10. The van der Waals surface area contributed by atoms with E-state index in [1.54, 1.807) is 37.0 Å². The summed E-state index contributed by atoms with van der Waals surface area (Å²) < 4.78 is 3.13. The van der Waals surface area contributed by atoms with Gasteiger partial charge in [-0.05, 0) is 32.1 Å². The number of nitriles is 1. The number of nitrogens with zero attached hydrogens (tertiary/aromatic N) is 4. The van der Waals surface area contributed by atoms with Crippen LogP contribution in [0, 0.1) is 25.2 Å². The molecule has 0 saturated carbocycles. The first kappa shape index (κ1) is 21.6. The first-order valence-electron chi connectivity index (χ1n) is 10.3. The lowest BCUT2D eigenvalue weighted by Crippen LogP contribution is -2.23. The molecule has 2 N–H and O–H groups in total. The number of hydrogen-bond acceptors (Lipinski definition) is 4. The van der Waals surface area contributed by atoms with E-state index in [9.17, 15) is 14.9 Å². The second-order valence-electron chi connectivity index (χ2n) is 7.63. The molecule has 4 aromatic rings. The van der Waals surface area contributed by atoms with Gasteiger partial charge in [-0.25, -0.2) is 4.68 Å². The number of nitrogens with one attached hydrogen (secondary N) is 2. The molecule has 0 fully saturated rings. The Morgan fingerprint density at radius 2 is 1.82 bits per heavy atom. The van der Waals surface area contributed by atoms with Gasteiger partial charge in [-0.15, -0.1) is 0 Å². The van der Waals surface area contributed by atoms with Crippen LogP contribution < -0.4 is 10.9 Å². The van der Waals surface area contributed by atoms with E-state index in [2.05, 4.69) is 15.5 Å². The molecular formula is C25H22N6O2. The van der Waals surface area contributed by atoms with Gasteiger partial charge in [0.15, 0.2) is 0 Å². The maximum Gasteiger partial charge on any atom is 0.295 e. The molecule has 8 heteroatoms. The Kier molecular flexibility index (Phi) is 5.79. The lowest BCUT2D eigenvalue weighted by atomic mass is 10.0. The Morgan fingerprint density at radius 3 is 2.48 bits per heavy atom. The normalized spacial score (nSPS) is 11.3. The second-order valence-corrected chi connectivity index (χ2v) is 7.63. The number of rotatable bonds is 5. The lowest BCUT2D eigenvalue weighted by molar-refractivity contribution is -0.112. The van der Waals surface area contributed by atoms with Gasteiger partial charge in [0.1, 0.15) is 17.3 Å². The van der Waals surface area contributed by atoms with Crippen molar-refractivity contribution < 1.29 is 4.79 Å². The summed E-state index contributed by atoms with van der Waals surface area (Å²) in [6.45, 7) is 3.73. The molecule has 0 saturated heterocycles. The first-order valence-corrected chi connectivity index (χ1v) is 10.3. The molecule has 2 aromatic carbocycles. The van der Waals surface area contributed by atoms with Gasteiger partial charge in [0.05, 0.1) is 23.3 Å². The summed E-state index contributed by atoms with van der Waals surface area (Å²) in [5.41, 5.74) is 4.13. The van der Waals surface area contributed by atoms with Gasteiger partial charge in [-0.1, -0.05) is 48.0 Å². The summed E-state index contributed by atoms with van der Waals surface area (Å²) in [4.78, 5) is 26.0. The fraction of sp³-hybridized carbons (Fsp3) is 0.120. The third-order valence-corrected chi connectivity index (χ3v) is 5.47. The van der Waals surface area contributed by atoms with E-state index in [1.165, 1.54) is 10.8 Å². The average molecular weight is 438 g/mol. The van der Waals surface area contributed by atoms with Gasteiger partial charge in [0.25, 0.3) is 11.5 Å². The summed E-state index contributed by atoms with van der Waals surface area (Å²) in [7, 11) is 1.74. The van der Waals surface area contributed by atoms with E-state index in [1.807, 2.05) is 55.5 Å². The number of aromatic nitrogens is 4. The van der Waals surface area contributed by atoms with Gasteiger partial charge in [-0.3, -0.25) is 19.4 Å². The van der Waals surface area contributed by atoms with Crippen molar-refractivity contribution in [2.24, 2.45) is 7.05 Å². The number of amides is 1. The highest BCUT2D eigenvalue weighted by atomic mass is 16.2. The van der Waals surface area contributed by atoms with Crippen LogP contribution in [0.5, 0.6) is 0 Å². The predicted molar refractivity (Wildman–Crippen MR) is 127 cm³/mol. The van der Waals surface area contributed by atoms with Crippen LogP contribution in [0.15, 0.2) is 71.2 Å². The number of hydrogen-bond donors (Lipinski definition) is 2. The molecule has 2 heterocycles. The highest BCUT2D eigenvalue weighted by Gasteiger charge is 2.20. The number of carbonyl (C=O) groups is 1. The predicted octanol–water partition coefficient (Wildman–Crippen LogP) is 3.73. The van der Waals surface area contributed by atoms with Gasteiger partial charge in [0, 0.05) is 18.2 Å². The molecule has 4 rings (SSSR count). The highest BCUT2D eigenvalue weighted by Crippen LogP contribution is 2.24. The van der Waals surface area contributed by atoms with Crippen molar-refractivity contribution in [1.82, 2.24) is 19.6 Å². The van der Waals surface area contributed by atoms with E-state index in [4.69, 9.17) is 0 Å². The first-order chi connectivity index (χ1) is 15.9. The number of H-pyrrole nitrogens is 1. The van der Waals surface area contributed by atoms with Crippen molar-refractivity contribution in [1.29, 1.82) is 5.26 Å². The fourth-order valence-corrected chi connectivity index (χ4v) is 3.55. The Bertz CT molecular complexity index is 1450. The van der Waals surface area contributed by atoms with Crippen molar-refractivity contribution in [2.75, 3.05) is 5.32 Å². The Morgan fingerprint density at radius 1 is 1.12 bits per heavy atom. The number of aromatic amines is 1. The maximum absolute atomic E-state index is 13.1. The molecular weight excluding hydrogens is 416 g/mol. The monoisotopic (exact) mass is 438 g/mol. The number of anilines is 1. The second kappa shape index (κ2) is 8.85. The fourth-order valence-electron chi connectivity index (χ4n) is 3.55. The summed E-state index contributed by atoms with van der Waals surface area (Å²) in [5.74, 6) is -0.667. The minimum Gasteiger partial charge on any atom is -0.315 e. The summed E-state index contributed by atoms with van der Waals surface area (Å²) in [6, 6.07) is 18.9. The lowest BCUT2D eigenvalue weighted by Gasteiger charge is -2.07. The third kappa shape index (κ3) is 4.12. The maximum atomic E-state index is 13.1. The number of benzene rings is 2. The Hall–Kier alpha value is -4.64. The molecule has 8 nitrogen and oxygen atoms in total. The number of carbonyl (C=O) groups excluding carboxylic acids is 1. The van der Waals surface area contributed by atoms with Crippen molar-refractivity contribution in [2.45, 2.75) is 13.8 Å². The van der Waals surface area contributed by atoms with Crippen LogP contribution in [0.2, 0.25) is 0 Å². The van der Waals surface area contributed by atoms with Crippen molar-refractivity contribution in [3.63, 3.8) is 0 Å². The molecule has 33 heavy (non-hydrogen) atoms. The number of para-hydroxylation sites is 1. The third-order valence-electron chi connectivity index (χ3n) is 5.47. The minimum absolute atomic E-state index is 0.124. The molecule has 0 unspecified atom stereocenters. The molecule has 0 spiro atoms. The van der Waals surface area contributed by atoms with Crippen LogP contribution in [0.25, 0.3) is 23.0 Å². The molecule has 0 bridgehead atoms. The average Bonchev–Trinajstić information content (AvgIpc) is 3.37. The Balaban J connectivity index is 1.67. The van der Waals surface area contributed by atoms with E-state index in [0.29, 0.717) is 22.6 Å². The smallest absolute Gasteiger partial charge is 0.295 e. The van der Waals surface area contributed by atoms with Crippen LogP contribution in [-0.4, -0.2) is 25.5 Å². The number of aryl methyl sites for hydroxylation is 1. The van der Waals surface area contributed by atoms with Crippen LogP contribution >= 0.6 is 0 Å². The zero-order valence-electron chi connectivity index (χ0n) is 18.5. The van der Waals surface area contributed by atoms with E-state index in [-0.39, 0.29) is 16.8 Å². The van der Waals surface area contributed by atoms with E-state index in [0.717, 1.165) is 11.1 Å². The van der Waals surface area contributed by atoms with Crippen molar-refractivity contribution in [3.8, 4) is 23.0 Å². The van der Waals surface area contributed by atoms with Crippen LogP contribution in [-0.2, 0) is 11.8 Å². The molecule has 0 aliphatic carbocycles. The van der Waals surface area contributed by atoms with Gasteiger partial charge in [0.2, 0.25) is 0 Å². The Labute approximate surface area is 190 Å². The van der Waals surface area contributed by atoms with E-state index < -0.39 is 5.91 Å².